The second-order valence-electron chi connectivity index (χ2n) is 4.85. The van der Waals surface area contributed by atoms with Gasteiger partial charge in [-0.1, -0.05) is 24.3 Å². The van der Waals surface area contributed by atoms with Crippen molar-refractivity contribution in [2.75, 3.05) is 4.90 Å². The van der Waals surface area contributed by atoms with Crippen LogP contribution in [0.1, 0.15) is 16.7 Å². The zero-order chi connectivity index (χ0) is 14.1. The molecule has 0 spiro atoms. The number of benzene rings is 2. The molecule has 0 amide bonds. The minimum absolute atomic E-state index is 0.0343. The van der Waals surface area contributed by atoms with Crippen molar-refractivity contribution in [1.29, 1.82) is 0 Å². The van der Waals surface area contributed by atoms with E-state index in [0.717, 1.165) is 18.8 Å². The van der Waals surface area contributed by atoms with Crippen molar-refractivity contribution in [3.8, 4) is 0 Å². The van der Waals surface area contributed by atoms with Crippen LogP contribution in [0.15, 0.2) is 42.5 Å². The molecule has 0 fully saturated rings. The fourth-order valence-electron chi connectivity index (χ4n) is 2.59. The van der Waals surface area contributed by atoms with E-state index < -0.39 is 4.92 Å². The summed E-state index contributed by atoms with van der Waals surface area (Å²) in [6.07, 6.45) is 0. The van der Waals surface area contributed by atoms with E-state index in [2.05, 4.69) is 17.0 Å². The topological polar surface area (TPSA) is 66.6 Å². The van der Waals surface area contributed by atoms with Crippen molar-refractivity contribution in [3.05, 3.63) is 69.3 Å². The Labute approximate surface area is 116 Å². The number of nitro benzene ring substituents is 1. The maximum Gasteiger partial charge on any atom is 0.275 e. The average molecular weight is 270 g/mol. The lowest BCUT2D eigenvalue weighted by Gasteiger charge is -2.18. The zero-order valence-corrected chi connectivity index (χ0v) is 10.8. The molecule has 102 valence electrons. The molecule has 5 heteroatoms. The van der Waals surface area contributed by atoms with Crippen molar-refractivity contribution in [2.45, 2.75) is 19.7 Å². The standard InChI is InChI=1S/C15H14N2O3/c18-10-13-7-14(5-6-15(13)17(19)20)16-8-11-3-1-2-4-12(11)9-16/h1-7,18H,8-10H2. The van der Waals surface area contributed by atoms with Gasteiger partial charge in [0.25, 0.3) is 5.69 Å². The first-order valence-electron chi connectivity index (χ1n) is 6.39. The second-order valence-corrected chi connectivity index (χ2v) is 4.85. The first-order chi connectivity index (χ1) is 9.69. The van der Waals surface area contributed by atoms with Gasteiger partial charge in [-0.05, 0) is 23.3 Å². The number of hydrogen-bond acceptors (Lipinski definition) is 4. The highest BCUT2D eigenvalue weighted by Gasteiger charge is 2.21. The molecule has 0 bridgehead atoms. The molecule has 0 atom stereocenters. The van der Waals surface area contributed by atoms with Gasteiger partial charge in [0, 0.05) is 24.8 Å². The van der Waals surface area contributed by atoms with Crippen LogP contribution in [0.3, 0.4) is 0 Å². The van der Waals surface area contributed by atoms with Crippen LogP contribution >= 0.6 is 0 Å². The van der Waals surface area contributed by atoms with Gasteiger partial charge < -0.3 is 10.0 Å². The first kappa shape index (κ1) is 12.6. The minimum Gasteiger partial charge on any atom is -0.391 e. The molecule has 1 aliphatic rings. The summed E-state index contributed by atoms with van der Waals surface area (Å²) in [7, 11) is 0. The number of rotatable bonds is 3. The Morgan fingerprint density at radius 1 is 1.15 bits per heavy atom. The quantitative estimate of drug-likeness (QED) is 0.687. The van der Waals surface area contributed by atoms with Crippen LogP contribution in [0, 0.1) is 10.1 Å². The molecular formula is C15H14N2O3. The largest absolute Gasteiger partial charge is 0.391 e. The van der Waals surface area contributed by atoms with Gasteiger partial charge in [-0.25, -0.2) is 0 Å². The Kier molecular flexibility index (Phi) is 3.12. The number of anilines is 1. The van der Waals surface area contributed by atoms with Crippen LogP contribution in [0.4, 0.5) is 11.4 Å². The van der Waals surface area contributed by atoms with E-state index in [1.165, 1.54) is 17.2 Å². The van der Waals surface area contributed by atoms with Gasteiger partial charge in [-0.3, -0.25) is 10.1 Å². The van der Waals surface area contributed by atoms with E-state index in [-0.39, 0.29) is 12.3 Å². The van der Waals surface area contributed by atoms with Gasteiger partial charge in [-0.15, -0.1) is 0 Å². The summed E-state index contributed by atoms with van der Waals surface area (Å²) in [5.41, 5.74) is 3.76. The highest BCUT2D eigenvalue weighted by molar-refractivity contribution is 5.58. The van der Waals surface area contributed by atoms with Crippen LogP contribution in [0.25, 0.3) is 0 Å². The fourth-order valence-corrected chi connectivity index (χ4v) is 2.59. The summed E-state index contributed by atoms with van der Waals surface area (Å²) < 4.78 is 0. The van der Waals surface area contributed by atoms with Crippen molar-refractivity contribution < 1.29 is 10.0 Å². The van der Waals surface area contributed by atoms with E-state index >= 15 is 0 Å². The van der Waals surface area contributed by atoms with E-state index in [4.69, 9.17) is 0 Å². The number of aliphatic hydroxyl groups is 1. The monoisotopic (exact) mass is 270 g/mol. The Morgan fingerprint density at radius 2 is 1.80 bits per heavy atom. The lowest BCUT2D eigenvalue weighted by molar-refractivity contribution is -0.385. The smallest absolute Gasteiger partial charge is 0.275 e. The van der Waals surface area contributed by atoms with Gasteiger partial charge in [0.05, 0.1) is 17.1 Å². The lowest BCUT2D eigenvalue weighted by Crippen LogP contribution is -2.14. The van der Waals surface area contributed by atoms with Gasteiger partial charge in [0.1, 0.15) is 0 Å². The molecule has 1 heterocycles. The van der Waals surface area contributed by atoms with Gasteiger partial charge in [0.2, 0.25) is 0 Å². The molecule has 2 aromatic carbocycles. The maximum atomic E-state index is 10.9. The molecule has 0 saturated carbocycles. The number of nitrogens with zero attached hydrogens (tertiary/aromatic N) is 2. The highest BCUT2D eigenvalue weighted by Crippen LogP contribution is 2.31. The predicted octanol–water partition coefficient (Wildman–Crippen LogP) is 2.61. The molecule has 1 aliphatic heterocycles. The van der Waals surface area contributed by atoms with E-state index in [9.17, 15) is 15.2 Å². The minimum atomic E-state index is -0.464. The fraction of sp³-hybridized carbons (Fsp3) is 0.200. The van der Waals surface area contributed by atoms with Crippen LogP contribution in [-0.4, -0.2) is 10.0 Å². The molecular weight excluding hydrogens is 256 g/mol. The molecule has 0 aromatic heterocycles. The number of fused-ring (bicyclic) bond motifs is 1. The predicted molar refractivity (Wildman–Crippen MR) is 75.3 cm³/mol. The van der Waals surface area contributed by atoms with E-state index in [1.54, 1.807) is 12.1 Å². The Hall–Kier alpha value is -2.40. The third-order valence-corrected chi connectivity index (χ3v) is 3.64. The summed E-state index contributed by atoms with van der Waals surface area (Å²) in [6.45, 7) is 1.25. The van der Waals surface area contributed by atoms with E-state index in [0.29, 0.717) is 5.56 Å². The zero-order valence-electron chi connectivity index (χ0n) is 10.8. The second kappa shape index (κ2) is 4.94. The maximum absolute atomic E-state index is 10.9. The molecule has 5 nitrogen and oxygen atoms in total. The molecule has 0 radical (unpaired) electrons. The van der Waals surface area contributed by atoms with Crippen molar-refractivity contribution in [2.24, 2.45) is 0 Å². The van der Waals surface area contributed by atoms with Gasteiger partial charge in [0.15, 0.2) is 0 Å². The summed E-state index contributed by atoms with van der Waals surface area (Å²) in [4.78, 5) is 12.6. The van der Waals surface area contributed by atoms with E-state index in [1.807, 2.05) is 12.1 Å². The van der Waals surface area contributed by atoms with Crippen molar-refractivity contribution >= 4 is 11.4 Å². The molecule has 0 unspecified atom stereocenters. The molecule has 20 heavy (non-hydrogen) atoms. The number of hydrogen-bond donors (Lipinski definition) is 1. The third-order valence-electron chi connectivity index (χ3n) is 3.64. The molecule has 2 aromatic rings. The molecule has 0 aliphatic carbocycles. The van der Waals surface area contributed by atoms with Crippen LogP contribution in [0.5, 0.6) is 0 Å². The number of aliphatic hydroxyl groups excluding tert-OH is 1. The van der Waals surface area contributed by atoms with Gasteiger partial charge in [-0.2, -0.15) is 0 Å². The van der Waals surface area contributed by atoms with Gasteiger partial charge >= 0.3 is 0 Å². The van der Waals surface area contributed by atoms with Crippen LogP contribution in [-0.2, 0) is 19.7 Å². The van der Waals surface area contributed by atoms with Crippen molar-refractivity contribution in [1.82, 2.24) is 0 Å². The molecule has 3 rings (SSSR count). The summed E-state index contributed by atoms with van der Waals surface area (Å²) in [5.74, 6) is 0. The lowest BCUT2D eigenvalue weighted by atomic mass is 10.1. The summed E-state index contributed by atoms with van der Waals surface area (Å²) in [6, 6.07) is 13.1. The van der Waals surface area contributed by atoms with Crippen LogP contribution < -0.4 is 4.90 Å². The Morgan fingerprint density at radius 3 is 2.35 bits per heavy atom. The Bertz CT molecular complexity index is 645. The highest BCUT2D eigenvalue weighted by atomic mass is 16.6. The molecule has 0 saturated heterocycles. The summed E-state index contributed by atoms with van der Waals surface area (Å²) >= 11 is 0. The van der Waals surface area contributed by atoms with Crippen LogP contribution in [0.2, 0.25) is 0 Å². The SMILES string of the molecule is O=[N+]([O-])c1ccc(N2Cc3ccccc3C2)cc1CO. The number of nitro groups is 1. The normalized spacial score (nSPS) is 13.3. The average Bonchev–Trinajstić information content (AvgIpc) is 2.90. The third kappa shape index (κ3) is 2.12. The Balaban J connectivity index is 1.91. The van der Waals surface area contributed by atoms with Crippen molar-refractivity contribution in [3.63, 3.8) is 0 Å². The first-order valence-corrected chi connectivity index (χ1v) is 6.39. The summed E-state index contributed by atoms with van der Waals surface area (Å²) in [5, 5.41) is 20.2. The molecule has 1 N–H and O–H groups in total.